The van der Waals surface area contributed by atoms with Gasteiger partial charge in [-0.1, -0.05) is 13.8 Å². The maximum absolute atomic E-state index is 13.9. The van der Waals surface area contributed by atoms with Crippen LogP contribution in [0.4, 0.5) is 16.2 Å². The number of aromatic nitrogens is 2. The van der Waals surface area contributed by atoms with Gasteiger partial charge in [-0.2, -0.15) is 17.8 Å². The van der Waals surface area contributed by atoms with E-state index in [2.05, 4.69) is 5.10 Å². The molecule has 3 rings (SSSR count). The molecule has 0 atom stereocenters. The standard InChI is InChI=1S/C18H27N5O4S2/c1-4-13-12-28-16(5-2)17(13)23(18(19)24)29(25,26)22(14-6-8-27-9-7-14)15-10-20-21(3)11-15/h10-12,14H,4-9H2,1-3H3,(H2,19,24). The minimum atomic E-state index is -4.30. The Bertz CT molecular complexity index is 941. The molecule has 2 N–H and O–H groups in total. The molecule has 9 nitrogen and oxygen atoms in total. The highest BCUT2D eigenvalue weighted by Gasteiger charge is 2.41. The second kappa shape index (κ2) is 8.72. The van der Waals surface area contributed by atoms with E-state index in [1.165, 1.54) is 26.5 Å². The Labute approximate surface area is 175 Å². The molecule has 29 heavy (non-hydrogen) atoms. The quantitative estimate of drug-likeness (QED) is 0.709. The summed E-state index contributed by atoms with van der Waals surface area (Å²) in [6, 6.07) is -1.37. The summed E-state index contributed by atoms with van der Waals surface area (Å²) in [4.78, 5) is 13.3. The lowest BCUT2D eigenvalue weighted by molar-refractivity contribution is 0.0875. The van der Waals surface area contributed by atoms with Gasteiger partial charge in [0, 0.05) is 31.3 Å². The molecule has 11 heteroatoms. The number of ether oxygens (including phenoxy) is 1. The van der Waals surface area contributed by atoms with E-state index in [0.29, 0.717) is 50.3 Å². The maximum atomic E-state index is 13.9. The Balaban J connectivity index is 2.16. The summed E-state index contributed by atoms with van der Waals surface area (Å²) >= 11 is 1.44. The molecule has 160 valence electrons. The molecule has 1 saturated heterocycles. The van der Waals surface area contributed by atoms with Gasteiger partial charge >= 0.3 is 16.2 Å². The van der Waals surface area contributed by atoms with Crippen LogP contribution in [0.15, 0.2) is 17.8 Å². The van der Waals surface area contributed by atoms with E-state index < -0.39 is 16.2 Å². The van der Waals surface area contributed by atoms with Gasteiger partial charge in [0.1, 0.15) is 0 Å². The Morgan fingerprint density at radius 2 is 2.03 bits per heavy atom. The Morgan fingerprint density at radius 1 is 1.34 bits per heavy atom. The van der Waals surface area contributed by atoms with Gasteiger partial charge in [0.25, 0.3) is 0 Å². The Hall–Kier alpha value is -2.11. The monoisotopic (exact) mass is 441 g/mol. The second-order valence-corrected chi connectivity index (χ2v) is 9.48. The number of amides is 2. The summed E-state index contributed by atoms with van der Waals surface area (Å²) in [6.07, 6.45) is 5.35. The molecule has 1 aliphatic rings. The molecule has 1 fully saturated rings. The predicted molar refractivity (Wildman–Crippen MR) is 114 cm³/mol. The zero-order valence-electron chi connectivity index (χ0n) is 16.9. The highest BCUT2D eigenvalue weighted by molar-refractivity contribution is 7.95. The normalized spacial score (nSPS) is 15.4. The first-order valence-electron chi connectivity index (χ1n) is 9.60. The average molecular weight is 442 g/mol. The van der Waals surface area contributed by atoms with Crippen LogP contribution in [0.25, 0.3) is 0 Å². The van der Waals surface area contributed by atoms with Crippen molar-refractivity contribution in [3.05, 3.63) is 28.2 Å². The number of hydrogen-bond acceptors (Lipinski definition) is 6. The van der Waals surface area contributed by atoms with Crippen LogP contribution < -0.4 is 14.3 Å². The van der Waals surface area contributed by atoms with Crippen LogP contribution in [0.5, 0.6) is 0 Å². The molecule has 0 unspecified atom stereocenters. The van der Waals surface area contributed by atoms with Crippen molar-refractivity contribution in [2.45, 2.75) is 45.6 Å². The molecule has 2 aromatic heterocycles. The molecular formula is C18H27N5O4S2. The van der Waals surface area contributed by atoms with Crippen molar-refractivity contribution < 1.29 is 17.9 Å². The van der Waals surface area contributed by atoms with Crippen molar-refractivity contribution >= 4 is 39.0 Å². The first-order valence-corrected chi connectivity index (χ1v) is 11.9. The fourth-order valence-electron chi connectivity index (χ4n) is 3.58. The van der Waals surface area contributed by atoms with Crippen molar-refractivity contribution in [3.8, 4) is 0 Å². The van der Waals surface area contributed by atoms with Gasteiger partial charge in [-0.15, -0.1) is 11.3 Å². The number of nitrogens with zero attached hydrogens (tertiary/aromatic N) is 4. The number of primary amides is 1. The zero-order valence-corrected chi connectivity index (χ0v) is 18.5. The van der Waals surface area contributed by atoms with Crippen LogP contribution in [0.3, 0.4) is 0 Å². The molecule has 0 bridgehead atoms. The first kappa shape index (κ1) is 21.6. The predicted octanol–water partition coefficient (Wildman–Crippen LogP) is 2.42. The second-order valence-electron chi connectivity index (χ2n) is 6.86. The minimum absolute atomic E-state index is 0.353. The molecule has 0 saturated carbocycles. The van der Waals surface area contributed by atoms with E-state index in [4.69, 9.17) is 10.5 Å². The van der Waals surface area contributed by atoms with Crippen LogP contribution in [0, 0.1) is 0 Å². The zero-order chi connectivity index (χ0) is 21.2. The summed E-state index contributed by atoms with van der Waals surface area (Å²) in [5.41, 5.74) is 7.22. The van der Waals surface area contributed by atoms with Gasteiger partial charge in [-0.05, 0) is 36.6 Å². The lowest BCUT2D eigenvalue weighted by Crippen LogP contribution is -2.54. The van der Waals surface area contributed by atoms with Gasteiger partial charge in [0.2, 0.25) is 0 Å². The number of thiophene rings is 1. The smallest absolute Gasteiger partial charge is 0.334 e. The van der Waals surface area contributed by atoms with Crippen LogP contribution in [-0.2, 0) is 34.8 Å². The largest absolute Gasteiger partial charge is 0.381 e. The lowest BCUT2D eigenvalue weighted by Gasteiger charge is -2.37. The van der Waals surface area contributed by atoms with Crippen LogP contribution in [0.2, 0.25) is 0 Å². The van der Waals surface area contributed by atoms with Gasteiger partial charge in [0.15, 0.2) is 0 Å². The maximum Gasteiger partial charge on any atom is 0.334 e. The SMILES string of the molecule is CCc1csc(CC)c1N(C(N)=O)S(=O)(=O)N(c1cnn(C)c1)C1CCOCC1. The van der Waals surface area contributed by atoms with E-state index in [9.17, 15) is 13.2 Å². The average Bonchev–Trinajstić information content (AvgIpc) is 3.28. The number of rotatable bonds is 7. The summed E-state index contributed by atoms with van der Waals surface area (Å²) in [6.45, 7) is 4.75. The van der Waals surface area contributed by atoms with Crippen molar-refractivity contribution in [1.82, 2.24) is 9.78 Å². The first-order chi connectivity index (χ1) is 13.8. The van der Waals surface area contributed by atoms with Crippen molar-refractivity contribution in [2.75, 3.05) is 21.8 Å². The molecule has 0 aliphatic carbocycles. The lowest BCUT2D eigenvalue weighted by atomic mass is 10.1. The van der Waals surface area contributed by atoms with Crippen LogP contribution in [-0.4, -0.2) is 43.5 Å². The number of nitrogens with two attached hydrogens (primary N) is 1. The topological polar surface area (TPSA) is 111 Å². The van der Waals surface area contributed by atoms with Crippen LogP contribution in [0.1, 0.15) is 37.1 Å². The van der Waals surface area contributed by atoms with E-state index >= 15 is 0 Å². The molecule has 3 heterocycles. The van der Waals surface area contributed by atoms with Gasteiger partial charge in [0.05, 0.1) is 23.6 Å². The van der Waals surface area contributed by atoms with E-state index in [-0.39, 0.29) is 6.04 Å². The summed E-state index contributed by atoms with van der Waals surface area (Å²) < 4.78 is 36.8. The number of aryl methyl sites for hydroxylation is 3. The van der Waals surface area contributed by atoms with Crippen molar-refractivity contribution in [1.29, 1.82) is 0 Å². The summed E-state index contributed by atoms with van der Waals surface area (Å²) in [5.74, 6) is 0. The van der Waals surface area contributed by atoms with Gasteiger partial charge < -0.3 is 10.5 Å². The van der Waals surface area contributed by atoms with Crippen molar-refractivity contribution in [2.24, 2.45) is 12.8 Å². The fraction of sp³-hybridized carbons (Fsp3) is 0.556. The number of hydrogen-bond donors (Lipinski definition) is 1. The van der Waals surface area contributed by atoms with Gasteiger partial charge in [-0.3, -0.25) is 4.68 Å². The molecule has 1 aliphatic heterocycles. The highest BCUT2D eigenvalue weighted by Crippen LogP contribution is 2.37. The highest BCUT2D eigenvalue weighted by atomic mass is 32.2. The molecule has 0 aromatic carbocycles. The van der Waals surface area contributed by atoms with E-state index in [1.807, 2.05) is 19.2 Å². The fourth-order valence-corrected chi connectivity index (χ4v) is 6.51. The third kappa shape index (κ3) is 4.12. The molecule has 0 radical (unpaired) electrons. The Morgan fingerprint density at radius 3 is 2.55 bits per heavy atom. The molecule has 2 amide bonds. The van der Waals surface area contributed by atoms with E-state index in [0.717, 1.165) is 14.7 Å². The summed E-state index contributed by atoms with van der Waals surface area (Å²) in [7, 11) is -2.58. The number of anilines is 2. The molecule has 0 spiro atoms. The number of carbonyl (C=O) groups excluding carboxylic acids is 1. The molecule has 2 aromatic rings. The van der Waals surface area contributed by atoms with Crippen molar-refractivity contribution in [3.63, 3.8) is 0 Å². The van der Waals surface area contributed by atoms with E-state index in [1.54, 1.807) is 13.2 Å². The van der Waals surface area contributed by atoms with Gasteiger partial charge in [-0.25, -0.2) is 9.10 Å². The number of urea groups is 1. The summed E-state index contributed by atoms with van der Waals surface area (Å²) in [5, 5.41) is 6.02. The third-order valence-corrected chi connectivity index (χ3v) is 7.96. The molecular weight excluding hydrogens is 414 g/mol. The van der Waals surface area contributed by atoms with Crippen LogP contribution >= 0.6 is 11.3 Å². The Kier molecular flexibility index (Phi) is 6.49. The minimum Gasteiger partial charge on any atom is -0.381 e. The third-order valence-electron chi connectivity index (χ3n) is 4.96. The number of carbonyl (C=O) groups is 1.